The molecule has 0 aliphatic heterocycles. The topological polar surface area (TPSA) is 75.6 Å². The molecule has 2 N–H and O–H groups in total. The molecular weight excluding hydrogens is 350 g/mol. The van der Waals surface area contributed by atoms with Gasteiger partial charge in [0.15, 0.2) is 0 Å². The van der Waals surface area contributed by atoms with Crippen LogP contribution < -0.4 is 5.32 Å². The molecule has 0 saturated heterocycles. The zero-order valence-electron chi connectivity index (χ0n) is 10.7. The molecule has 0 spiro atoms. The summed E-state index contributed by atoms with van der Waals surface area (Å²) < 4.78 is 5.72. The molecule has 110 valence electrons. The SMILES string of the molecule is O=C(O)COCCNC(=O)CCc1cc(Cl)ccc1Br. The van der Waals surface area contributed by atoms with Crippen LogP contribution in [0.3, 0.4) is 0 Å². The highest BCUT2D eigenvalue weighted by Crippen LogP contribution is 2.22. The Bertz CT molecular complexity index is 481. The van der Waals surface area contributed by atoms with E-state index in [1.165, 1.54) is 0 Å². The van der Waals surface area contributed by atoms with Gasteiger partial charge in [-0.15, -0.1) is 0 Å². The number of benzene rings is 1. The van der Waals surface area contributed by atoms with E-state index in [0.717, 1.165) is 10.0 Å². The number of rotatable bonds is 8. The van der Waals surface area contributed by atoms with Crippen molar-refractivity contribution < 1.29 is 19.4 Å². The third-order valence-corrected chi connectivity index (χ3v) is 3.43. The fourth-order valence-electron chi connectivity index (χ4n) is 1.49. The van der Waals surface area contributed by atoms with Gasteiger partial charge in [-0.05, 0) is 30.2 Å². The van der Waals surface area contributed by atoms with E-state index in [1.807, 2.05) is 12.1 Å². The van der Waals surface area contributed by atoms with Crippen molar-refractivity contribution in [2.75, 3.05) is 19.8 Å². The van der Waals surface area contributed by atoms with Crippen LogP contribution in [-0.4, -0.2) is 36.7 Å². The number of nitrogens with one attached hydrogen (secondary N) is 1. The summed E-state index contributed by atoms with van der Waals surface area (Å²) in [4.78, 5) is 21.8. The molecule has 1 amide bonds. The fourth-order valence-corrected chi connectivity index (χ4v) is 2.13. The van der Waals surface area contributed by atoms with Gasteiger partial charge in [-0.1, -0.05) is 27.5 Å². The first-order valence-corrected chi connectivity index (χ1v) is 7.16. The molecule has 20 heavy (non-hydrogen) atoms. The zero-order valence-corrected chi connectivity index (χ0v) is 13.0. The van der Waals surface area contributed by atoms with Crippen molar-refractivity contribution in [1.29, 1.82) is 0 Å². The van der Waals surface area contributed by atoms with E-state index < -0.39 is 5.97 Å². The molecule has 1 aromatic rings. The van der Waals surface area contributed by atoms with Gasteiger partial charge >= 0.3 is 5.97 Å². The molecule has 0 heterocycles. The number of ether oxygens (including phenoxy) is 1. The minimum Gasteiger partial charge on any atom is -0.480 e. The van der Waals surface area contributed by atoms with Crippen LogP contribution in [0.5, 0.6) is 0 Å². The number of hydrogen-bond donors (Lipinski definition) is 2. The molecule has 0 fully saturated rings. The van der Waals surface area contributed by atoms with Gasteiger partial charge in [0.1, 0.15) is 6.61 Å². The number of aliphatic carboxylic acids is 1. The highest BCUT2D eigenvalue weighted by Gasteiger charge is 2.05. The van der Waals surface area contributed by atoms with Crippen molar-refractivity contribution >= 4 is 39.4 Å². The largest absolute Gasteiger partial charge is 0.480 e. The number of hydrogen-bond acceptors (Lipinski definition) is 3. The second kappa shape index (κ2) is 8.94. The number of carboxylic acids is 1. The van der Waals surface area contributed by atoms with Gasteiger partial charge in [-0.2, -0.15) is 0 Å². The van der Waals surface area contributed by atoms with E-state index in [1.54, 1.807) is 6.07 Å². The number of carbonyl (C=O) groups excluding carboxylic acids is 1. The van der Waals surface area contributed by atoms with Crippen LogP contribution in [0.1, 0.15) is 12.0 Å². The Kier molecular flexibility index (Phi) is 7.58. The first-order chi connectivity index (χ1) is 9.49. The second-order valence-electron chi connectivity index (χ2n) is 4.03. The summed E-state index contributed by atoms with van der Waals surface area (Å²) in [6, 6.07) is 5.43. The fraction of sp³-hybridized carbons (Fsp3) is 0.385. The molecule has 0 atom stereocenters. The van der Waals surface area contributed by atoms with Crippen molar-refractivity contribution in [2.24, 2.45) is 0 Å². The third kappa shape index (κ3) is 6.88. The zero-order chi connectivity index (χ0) is 15.0. The molecule has 0 radical (unpaired) electrons. The van der Waals surface area contributed by atoms with E-state index in [9.17, 15) is 9.59 Å². The molecule has 0 aliphatic rings. The first kappa shape index (κ1) is 16.9. The Labute approximate surface area is 130 Å². The van der Waals surface area contributed by atoms with Crippen LogP contribution in [0.4, 0.5) is 0 Å². The molecule has 0 unspecified atom stereocenters. The molecule has 7 heteroatoms. The summed E-state index contributed by atoms with van der Waals surface area (Å²) >= 11 is 9.29. The van der Waals surface area contributed by atoms with E-state index in [-0.39, 0.29) is 19.1 Å². The Hall–Kier alpha value is -1.11. The van der Waals surface area contributed by atoms with Crippen LogP contribution >= 0.6 is 27.5 Å². The number of aryl methyl sites for hydroxylation is 1. The summed E-state index contributed by atoms with van der Waals surface area (Å²) in [7, 11) is 0. The van der Waals surface area contributed by atoms with E-state index in [2.05, 4.69) is 21.2 Å². The summed E-state index contributed by atoms with van der Waals surface area (Å²) in [5.74, 6) is -1.14. The molecule has 0 saturated carbocycles. The number of amides is 1. The van der Waals surface area contributed by atoms with E-state index >= 15 is 0 Å². The van der Waals surface area contributed by atoms with Crippen molar-refractivity contribution in [3.63, 3.8) is 0 Å². The lowest BCUT2D eigenvalue weighted by atomic mass is 10.1. The Morgan fingerprint density at radius 1 is 1.40 bits per heavy atom. The molecule has 0 aliphatic carbocycles. The molecule has 0 bridgehead atoms. The minimum atomic E-state index is -1.03. The maximum absolute atomic E-state index is 11.6. The van der Waals surface area contributed by atoms with Gasteiger partial charge in [-0.3, -0.25) is 4.79 Å². The Morgan fingerprint density at radius 2 is 2.15 bits per heavy atom. The van der Waals surface area contributed by atoms with Crippen molar-refractivity contribution in [3.8, 4) is 0 Å². The van der Waals surface area contributed by atoms with E-state index in [0.29, 0.717) is 24.4 Å². The van der Waals surface area contributed by atoms with Gasteiger partial charge in [0, 0.05) is 22.5 Å². The Morgan fingerprint density at radius 3 is 2.85 bits per heavy atom. The van der Waals surface area contributed by atoms with Crippen LogP contribution in [0, 0.1) is 0 Å². The number of halogens is 2. The lowest BCUT2D eigenvalue weighted by molar-refractivity contribution is -0.142. The molecule has 5 nitrogen and oxygen atoms in total. The van der Waals surface area contributed by atoms with Gasteiger partial charge in [0.05, 0.1) is 6.61 Å². The van der Waals surface area contributed by atoms with Crippen LogP contribution in [0.15, 0.2) is 22.7 Å². The van der Waals surface area contributed by atoms with Gasteiger partial charge in [0.25, 0.3) is 0 Å². The highest BCUT2D eigenvalue weighted by atomic mass is 79.9. The maximum Gasteiger partial charge on any atom is 0.329 e. The third-order valence-electron chi connectivity index (χ3n) is 2.42. The summed E-state index contributed by atoms with van der Waals surface area (Å²) in [5, 5.41) is 11.6. The quantitative estimate of drug-likeness (QED) is 0.694. The summed E-state index contributed by atoms with van der Waals surface area (Å²) in [6.07, 6.45) is 0.904. The normalized spacial score (nSPS) is 10.3. The monoisotopic (exact) mass is 363 g/mol. The average molecular weight is 365 g/mol. The minimum absolute atomic E-state index is 0.115. The van der Waals surface area contributed by atoms with E-state index in [4.69, 9.17) is 21.4 Å². The Balaban J connectivity index is 2.23. The lowest BCUT2D eigenvalue weighted by Gasteiger charge is -2.07. The van der Waals surface area contributed by atoms with Gasteiger partial charge in [0.2, 0.25) is 5.91 Å². The van der Waals surface area contributed by atoms with Crippen LogP contribution in [-0.2, 0) is 20.7 Å². The molecular formula is C13H15BrClNO4. The summed E-state index contributed by atoms with van der Waals surface area (Å²) in [6.45, 7) is 0.118. The second-order valence-corrected chi connectivity index (χ2v) is 5.32. The number of carboxylic acid groups (broad SMARTS) is 1. The predicted molar refractivity (Wildman–Crippen MR) is 78.9 cm³/mol. The number of carbonyl (C=O) groups is 2. The first-order valence-electron chi connectivity index (χ1n) is 5.99. The van der Waals surface area contributed by atoms with Crippen molar-refractivity contribution in [1.82, 2.24) is 5.32 Å². The molecule has 1 rings (SSSR count). The smallest absolute Gasteiger partial charge is 0.329 e. The maximum atomic E-state index is 11.6. The van der Waals surface area contributed by atoms with Crippen LogP contribution in [0.25, 0.3) is 0 Å². The van der Waals surface area contributed by atoms with Gasteiger partial charge < -0.3 is 15.2 Å². The standard InChI is InChI=1S/C13H15BrClNO4/c14-11-3-2-10(15)7-9(11)1-4-12(17)16-5-6-20-8-13(18)19/h2-3,7H,1,4-6,8H2,(H,16,17)(H,18,19). The van der Waals surface area contributed by atoms with Gasteiger partial charge in [-0.25, -0.2) is 4.79 Å². The lowest BCUT2D eigenvalue weighted by Crippen LogP contribution is -2.28. The predicted octanol–water partition coefficient (Wildman–Crippen LogP) is 2.25. The average Bonchev–Trinajstić information content (AvgIpc) is 2.39. The van der Waals surface area contributed by atoms with Crippen molar-refractivity contribution in [2.45, 2.75) is 12.8 Å². The molecule has 0 aromatic heterocycles. The summed E-state index contributed by atoms with van der Waals surface area (Å²) in [5.41, 5.74) is 0.967. The highest BCUT2D eigenvalue weighted by molar-refractivity contribution is 9.10. The van der Waals surface area contributed by atoms with Crippen molar-refractivity contribution in [3.05, 3.63) is 33.3 Å². The molecule has 1 aromatic carbocycles. The van der Waals surface area contributed by atoms with Crippen LogP contribution in [0.2, 0.25) is 5.02 Å².